The fraction of sp³-hybridized carbons (Fsp3) is 0.231. The lowest BCUT2D eigenvalue weighted by Crippen LogP contribution is -2.10. The van der Waals surface area contributed by atoms with Crippen LogP contribution in [-0.4, -0.2) is 9.97 Å². The van der Waals surface area contributed by atoms with Gasteiger partial charge in [0.15, 0.2) is 23.3 Å². The van der Waals surface area contributed by atoms with Crippen LogP contribution in [0.25, 0.3) is 11.4 Å². The number of nitrogen functional groups attached to an aromatic ring is 1. The number of nitrogens with zero attached hydrogens (tertiary/aromatic N) is 2. The summed E-state index contributed by atoms with van der Waals surface area (Å²) in [5, 5.41) is 0. The van der Waals surface area contributed by atoms with Crippen molar-refractivity contribution in [2.75, 3.05) is 5.43 Å². The molecule has 0 saturated heterocycles. The zero-order valence-electron chi connectivity index (χ0n) is 10.8. The highest BCUT2D eigenvalue weighted by Crippen LogP contribution is 2.22. The summed E-state index contributed by atoms with van der Waals surface area (Å²) in [6.07, 6.45) is 1.50. The summed E-state index contributed by atoms with van der Waals surface area (Å²) in [6, 6.07) is 3.34. The van der Waals surface area contributed by atoms with Crippen molar-refractivity contribution in [3.05, 3.63) is 41.3 Å². The number of halogens is 3. The molecule has 106 valence electrons. The summed E-state index contributed by atoms with van der Waals surface area (Å²) in [4.78, 5) is 8.20. The lowest BCUT2D eigenvalue weighted by Gasteiger charge is -2.08. The predicted molar refractivity (Wildman–Crippen MR) is 69.1 cm³/mol. The van der Waals surface area contributed by atoms with E-state index in [1.165, 1.54) is 0 Å². The van der Waals surface area contributed by atoms with E-state index in [-0.39, 0.29) is 11.4 Å². The van der Waals surface area contributed by atoms with Crippen LogP contribution in [0.5, 0.6) is 0 Å². The van der Waals surface area contributed by atoms with Crippen LogP contribution in [0.4, 0.5) is 19.0 Å². The van der Waals surface area contributed by atoms with Crippen LogP contribution >= 0.6 is 0 Å². The van der Waals surface area contributed by atoms with Gasteiger partial charge in [-0.3, -0.25) is 0 Å². The summed E-state index contributed by atoms with van der Waals surface area (Å²) >= 11 is 0. The van der Waals surface area contributed by atoms with E-state index in [0.29, 0.717) is 17.9 Å². The number of nitrogens with two attached hydrogens (primary N) is 1. The van der Waals surface area contributed by atoms with Crippen LogP contribution in [-0.2, 0) is 6.42 Å². The standard InChI is InChI=1S/C13H13F3N4/c1-2-3-8-6-11(20-17)19-13(18-8)7-4-9(14)12(16)10(15)5-7/h4-6H,2-3,17H2,1H3,(H,18,19,20). The molecule has 0 aliphatic carbocycles. The lowest BCUT2D eigenvalue weighted by molar-refractivity contribution is 0.447. The zero-order valence-corrected chi connectivity index (χ0v) is 10.8. The number of benzene rings is 1. The van der Waals surface area contributed by atoms with Crippen molar-refractivity contribution in [2.45, 2.75) is 19.8 Å². The largest absolute Gasteiger partial charge is 0.308 e. The Kier molecular flexibility index (Phi) is 4.19. The van der Waals surface area contributed by atoms with Crippen molar-refractivity contribution in [1.29, 1.82) is 0 Å². The van der Waals surface area contributed by atoms with Gasteiger partial charge in [0.2, 0.25) is 0 Å². The highest BCUT2D eigenvalue weighted by Gasteiger charge is 2.14. The molecule has 0 aliphatic rings. The number of aromatic nitrogens is 2. The van der Waals surface area contributed by atoms with E-state index in [4.69, 9.17) is 5.84 Å². The van der Waals surface area contributed by atoms with E-state index in [2.05, 4.69) is 15.4 Å². The Morgan fingerprint density at radius 1 is 1.10 bits per heavy atom. The number of hydrazine groups is 1. The lowest BCUT2D eigenvalue weighted by atomic mass is 10.1. The first kappa shape index (κ1) is 14.3. The fourth-order valence-corrected chi connectivity index (χ4v) is 1.77. The Morgan fingerprint density at radius 3 is 2.30 bits per heavy atom. The van der Waals surface area contributed by atoms with Gasteiger partial charge < -0.3 is 5.43 Å². The Morgan fingerprint density at radius 2 is 1.75 bits per heavy atom. The maximum absolute atomic E-state index is 13.2. The smallest absolute Gasteiger partial charge is 0.194 e. The molecule has 4 nitrogen and oxygen atoms in total. The molecular weight excluding hydrogens is 269 g/mol. The minimum Gasteiger partial charge on any atom is -0.308 e. The van der Waals surface area contributed by atoms with Crippen LogP contribution in [0.15, 0.2) is 18.2 Å². The molecule has 0 bridgehead atoms. The van der Waals surface area contributed by atoms with E-state index in [1.807, 2.05) is 6.92 Å². The summed E-state index contributed by atoms with van der Waals surface area (Å²) in [6.45, 7) is 1.97. The van der Waals surface area contributed by atoms with Gasteiger partial charge in [-0.2, -0.15) is 0 Å². The minimum atomic E-state index is -1.52. The van der Waals surface area contributed by atoms with Crippen LogP contribution in [0.1, 0.15) is 19.0 Å². The second-order valence-electron chi connectivity index (χ2n) is 4.22. The van der Waals surface area contributed by atoms with Crippen molar-refractivity contribution in [3.8, 4) is 11.4 Å². The van der Waals surface area contributed by atoms with Gasteiger partial charge in [0.25, 0.3) is 0 Å². The summed E-state index contributed by atoms with van der Waals surface area (Å²) in [5.74, 6) is 1.62. The average molecular weight is 282 g/mol. The van der Waals surface area contributed by atoms with Gasteiger partial charge in [0, 0.05) is 17.3 Å². The zero-order chi connectivity index (χ0) is 14.7. The number of hydrogen-bond acceptors (Lipinski definition) is 4. The quantitative estimate of drug-likeness (QED) is 0.514. The maximum atomic E-state index is 13.2. The van der Waals surface area contributed by atoms with Crippen LogP contribution in [0.2, 0.25) is 0 Å². The van der Waals surface area contributed by atoms with Crippen molar-refractivity contribution < 1.29 is 13.2 Å². The van der Waals surface area contributed by atoms with Crippen molar-refractivity contribution in [1.82, 2.24) is 9.97 Å². The fourth-order valence-electron chi connectivity index (χ4n) is 1.77. The maximum Gasteiger partial charge on any atom is 0.194 e. The van der Waals surface area contributed by atoms with E-state index in [1.54, 1.807) is 6.07 Å². The molecule has 0 aliphatic heterocycles. The summed E-state index contributed by atoms with van der Waals surface area (Å²) in [5.41, 5.74) is 3.09. The first-order valence-corrected chi connectivity index (χ1v) is 6.04. The van der Waals surface area contributed by atoms with E-state index >= 15 is 0 Å². The third kappa shape index (κ3) is 2.88. The Bertz CT molecular complexity index is 608. The third-order valence-electron chi connectivity index (χ3n) is 2.68. The van der Waals surface area contributed by atoms with Gasteiger partial charge in [-0.1, -0.05) is 13.3 Å². The SMILES string of the molecule is CCCc1cc(NN)nc(-c2cc(F)c(F)c(F)c2)n1. The van der Waals surface area contributed by atoms with Gasteiger partial charge >= 0.3 is 0 Å². The molecule has 0 spiro atoms. The monoisotopic (exact) mass is 282 g/mol. The molecule has 1 heterocycles. The van der Waals surface area contributed by atoms with Crippen LogP contribution < -0.4 is 11.3 Å². The predicted octanol–water partition coefficient (Wildman–Crippen LogP) is 2.80. The molecule has 0 unspecified atom stereocenters. The highest BCUT2D eigenvalue weighted by atomic mass is 19.2. The molecule has 0 atom stereocenters. The molecule has 7 heteroatoms. The molecule has 2 aromatic rings. The van der Waals surface area contributed by atoms with Gasteiger partial charge in [0.05, 0.1) is 0 Å². The number of rotatable bonds is 4. The summed E-state index contributed by atoms with van der Waals surface area (Å²) < 4.78 is 39.4. The Hall–Kier alpha value is -2.15. The van der Waals surface area contributed by atoms with Crippen molar-refractivity contribution in [2.24, 2.45) is 5.84 Å². The van der Waals surface area contributed by atoms with E-state index < -0.39 is 17.5 Å². The molecule has 0 saturated carbocycles. The number of aryl methyl sites for hydroxylation is 1. The first-order chi connectivity index (χ1) is 9.55. The number of hydrogen-bond donors (Lipinski definition) is 2. The van der Waals surface area contributed by atoms with Gasteiger partial charge in [-0.15, -0.1) is 0 Å². The normalized spacial score (nSPS) is 10.7. The molecule has 1 aromatic heterocycles. The van der Waals surface area contributed by atoms with Gasteiger partial charge in [0.1, 0.15) is 5.82 Å². The summed E-state index contributed by atoms with van der Waals surface area (Å²) in [7, 11) is 0. The molecule has 0 amide bonds. The molecule has 20 heavy (non-hydrogen) atoms. The molecule has 2 rings (SSSR count). The van der Waals surface area contributed by atoms with Crippen molar-refractivity contribution in [3.63, 3.8) is 0 Å². The molecule has 0 radical (unpaired) electrons. The van der Waals surface area contributed by atoms with Crippen LogP contribution in [0, 0.1) is 17.5 Å². The topological polar surface area (TPSA) is 63.8 Å². The third-order valence-corrected chi connectivity index (χ3v) is 2.68. The molecule has 3 N–H and O–H groups in total. The van der Waals surface area contributed by atoms with Crippen molar-refractivity contribution >= 4 is 5.82 Å². The Balaban J connectivity index is 2.53. The van der Waals surface area contributed by atoms with Gasteiger partial charge in [-0.25, -0.2) is 29.0 Å². The van der Waals surface area contributed by atoms with E-state index in [0.717, 1.165) is 18.6 Å². The number of nitrogens with one attached hydrogen (secondary N) is 1. The molecule has 0 fully saturated rings. The average Bonchev–Trinajstić information content (AvgIpc) is 2.44. The van der Waals surface area contributed by atoms with Gasteiger partial charge in [-0.05, 0) is 18.6 Å². The van der Waals surface area contributed by atoms with Crippen LogP contribution in [0.3, 0.4) is 0 Å². The molecule has 1 aromatic carbocycles. The van der Waals surface area contributed by atoms with E-state index in [9.17, 15) is 13.2 Å². The highest BCUT2D eigenvalue weighted by molar-refractivity contribution is 5.57. The second kappa shape index (κ2) is 5.87. The number of anilines is 1. The first-order valence-electron chi connectivity index (χ1n) is 6.04. The minimum absolute atomic E-state index is 0.0517. The second-order valence-corrected chi connectivity index (χ2v) is 4.22. The Labute approximate surface area is 113 Å². The molecular formula is C13H13F3N4.